The molecule has 0 spiro atoms. The quantitative estimate of drug-likeness (QED) is 0.756. The van der Waals surface area contributed by atoms with E-state index in [1.165, 1.54) is 11.1 Å². The average Bonchev–Trinajstić information content (AvgIpc) is 2.49. The molecule has 2 aromatic carbocycles. The Balaban J connectivity index is 2.12. The predicted octanol–water partition coefficient (Wildman–Crippen LogP) is 4.22. The minimum absolute atomic E-state index is 0.193. The Bertz CT molecular complexity index is 587. The van der Waals surface area contributed by atoms with Crippen molar-refractivity contribution in [1.29, 1.82) is 0 Å². The number of carbonyl (C=O) groups is 1. The Labute approximate surface area is 121 Å². The molecule has 0 N–H and O–H groups in total. The van der Waals surface area contributed by atoms with Crippen LogP contribution in [0.15, 0.2) is 48.5 Å². The number of benzene rings is 2. The van der Waals surface area contributed by atoms with E-state index in [2.05, 4.69) is 43.1 Å². The summed E-state index contributed by atoms with van der Waals surface area (Å²) in [6.07, 6.45) is 0.554. The van der Waals surface area contributed by atoms with E-state index < -0.39 is 0 Å². The molecule has 0 aromatic heterocycles. The molecule has 2 nitrogen and oxygen atoms in total. The summed E-state index contributed by atoms with van der Waals surface area (Å²) in [5, 5.41) is 0. The molecule has 2 aromatic rings. The van der Waals surface area contributed by atoms with Gasteiger partial charge in [0.25, 0.3) is 0 Å². The van der Waals surface area contributed by atoms with E-state index in [1.54, 1.807) is 0 Å². The summed E-state index contributed by atoms with van der Waals surface area (Å²) in [5.74, 6) is 0.193. The SMILES string of the molecule is CCC(=O)c1ccc(N(C)Cc2ccccc2C)cc1. The van der Waals surface area contributed by atoms with Crippen LogP contribution in [0.5, 0.6) is 0 Å². The molecule has 0 fully saturated rings. The van der Waals surface area contributed by atoms with Crippen LogP contribution >= 0.6 is 0 Å². The second-order valence-electron chi connectivity index (χ2n) is 5.11. The van der Waals surface area contributed by atoms with Crippen molar-refractivity contribution in [3.63, 3.8) is 0 Å². The molecule has 104 valence electrons. The predicted molar refractivity (Wildman–Crippen MR) is 84.3 cm³/mol. The first-order valence-electron chi connectivity index (χ1n) is 7.00. The molecule has 0 unspecified atom stereocenters. The Morgan fingerprint density at radius 3 is 2.30 bits per heavy atom. The first-order chi connectivity index (χ1) is 9.61. The van der Waals surface area contributed by atoms with Gasteiger partial charge in [-0.25, -0.2) is 0 Å². The maximum Gasteiger partial charge on any atom is 0.162 e. The molecule has 0 amide bonds. The molecule has 0 heterocycles. The standard InChI is InChI=1S/C18H21NO/c1-4-18(20)15-9-11-17(12-10-15)19(3)13-16-8-6-5-7-14(16)2/h5-12H,4,13H2,1-3H3. The van der Waals surface area contributed by atoms with Gasteiger partial charge in [0.15, 0.2) is 5.78 Å². The van der Waals surface area contributed by atoms with Gasteiger partial charge in [-0.2, -0.15) is 0 Å². The van der Waals surface area contributed by atoms with Crippen molar-refractivity contribution >= 4 is 11.5 Å². The fraction of sp³-hybridized carbons (Fsp3) is 0.278. The highest BCUT2D eigenvalue weighted by molar-refractivity contribution is 5.96. The smallest absolute Gasteiger partial charge is 0.162 e. The van der Waals surface area contributed by atoms with Gasteiger partial charge >= 0.3 is 0 Å². The van der Waals surface area contributed by atoms with E-state index in [-0.39, 0.29) is 5.78 Å². The molecule has 0 radical (unpaired) electrons. The lowest BCUT2D eigenvalue weighted by Gasteiger charge is -2.20. The van der Waals surface area contributed by atoms with Gasteiger partial charge in [-0.15, -0.1) is 0 Å². The molecule has 2 heteroatoms. The van der Waals surface area contributed by atoms with E-state index in [4.69, 9.17) is 0 Å². The topological polar surface area (TPSA) is 20.3 Å². The maximum atomic E-state index is 11.6. The van der Waals surface area contributed by atoms with E-state index >= 15 is 0 Å². The minimum atomic E-state index is 0.193. The van der Waals surface area contributed by atoms with Crippen molar-refractivity contribution in [3.05, 3.63) is 65.2 Å². The van der Waals surface area contributed by atoms with Crippen LogP contribution in [0.1, 0.15) is 34.8 Å². The van der Waals surface area contributed by atoms with Crippen LogP contribution < -0.4 is 4.90 Å². The van der Waals surface area contributed by atoms with E-state index in [0.717, 1.165) is 17.8 Å². The van der Waals surface area contributed by atoms with Crippen molar-refractivity contribution in [1.82, 2.24) is 0 Å². The van der Waals surface area contributed by atoms with Crippen molar-refractivity contribution in [2.24, 2.45) is 0 Å². The summed E-state index contributed by atoms with van der Waals surface area (Å²) in [6.45, 7) is 4.89. The number of hydrogen-bond acceptors (Lipinski definition) is 2. The fourth-order valence-corrected chi connectivity index (χ4v) is 2.24. The zero-order valence-corrected chi connectivity index (χ0v) is 12.4. The zero-order chi connectivity index (χ0) is 14.5. The molecule has 0 saturated carbocycles. The lowest BCUT2D eigenvalue weighted by molar-refractivity contribution is 0.0988. The van der Waals surface area contributed by atoms with Crippen molar-refractivity contribution < 1.29 is 4.79 Å². The van der Waals surface area contributed by atoms with E-state index in [1.807, 2.05) is 31.2 Å². The maximum absolute atomic E-state index is 11.6. The number of nitrogens with zero attached hydrogens (tertiary/aromatic N) is 1. The molecular formula is C18H21NO. The summed E-state index contributed by atoms with van der Waals surface area (Å²) < 4.78 is 0. The van der Waals surface area contributed by atoms with Crippen molar-refractivity contribution in [3.8, 4) is 0 Å². The lowest BCUT2D eigenvalue weighted by atomic mass is 10.1. The van der Waals surface area contributed by atoms with Gasteiger partial charge in [-0.3, -0.25) is 4.79 Å². The second-order valence-corrected chi connectivity index (χ2v) is 5.11. The Kier molecular flexibility index (Phi) is 4.57. The van der Waals surface area contributed by atoms with Crippen LogP contribution in [0.4, 0.5) is 5.69 Å². The largest absolute Gasteiger partial charge is 0.370 e. The first-order valence-corrected chi connectivity index (χ1v) is 7.00. The number of rotatable bonds is 5. The monoisotopic (exact) mass is 267 g/mol. The molecule has 20 heavy (non-hydrogen) atoms. The molecule has 2 rings (SSSR count). The van der Waals surface area contributed by atoms with Crippen LogP contribution in [-0.4, -0.2) is 12.8 Å². The number of Topliss-reactive ketones (excluding diaryl/α,β-unsaturated/α-hetero) is 1. The third kappa shape index (κ3) is 3.27. The molecule has 0 aliphatic rings. The Hall–Kier alpha value is -2.09. The Morgan fingerprint density at radius 2 is 1.70 bits per heavy atom. The van der Waals surface area contributed by atoms with Crippen LogP contribution in [0.2, 0.25) is 0 Å². The highest BCUT2D eigenvalue weighted by Crippen LogP contribution is 2.18. The average molecular weight is 267 g/mol. The Morgan fingerprint density at radius 1 is 1.05 bits per heavy atom. The van der Waals surface area contributed by atoms with Gasteiger partial charge in [-0.05, 0) is 42.3 Å². The fourth-order valence-electron chi connectivity index (χ4n) is 2.24. The number of aryl methyl sites for hydroxylation is 1. The van der Waals surface area contributed by atoms with Gasteiger partial charge in [0.05, 0.1) is 0 Å². The first kappa shape index (κ1) is 14.3. The number of carbonyl (C=O) groups excluding carboxylic acids is 1. The number of anilines is 1. The van der Waals surface area contributed by atoms with Crippen LogP contribution in [0.3, 0.4) is 0 Å². The summed E-state index contributed by atoms with van der Waals surface area (Å²) in [5.41, 5.74) is 4.54. The van der Waals surface area contributed by atoms with Gasteiger partial charge in [0.1, 0.15) is 0 Å². The summed E-state index contributed by atoms with van der Waals surface area (Å²) >= 11 is 0. The zero-order valence-electron chi connectivity index (χ0n) is 12.4. The molecule has 0 aliphatic heterocycles. The summed E-state index contributed by atoms with van der Waals surface area (Å²) in [6, 6.07) is 16.3. The van der Waals surface area contributed by atoms with Crippen LogP contribution in [-0.2, 0) is 6.54 Å². The lowest BCUT2D eigenvalue weighted by Crippen LogP contribution is -2.17. The second kappa shape index (κ2) is 6.38. The molecule has 0 aliphatic carbocycles. The summed E-state index contributed by atoms with van der Waals surface area (Å²) in [4.78, 5) is 13.8. The molecular weight excluding hydrogens is 246 g/mol. The van der Waals surface area contributed by atoms with Gasteiger partial charge in [0, 0.05) is 31.3 Å². The minimum Gasteiger partial charge on any atom is -0.370 e. The van der Waals surface area contributed by atoms with Gasteiger partial charge < -0.3 is 4.90 Å². The van der Waals surface area contributed by atoms with Crippen molar-refractivity contribution in [2.45, 2.75) is 26.8 Å². The highest BCUT2D eigenvalue weighted by atomic mass is 16.1. The third-order valence-electron chi connectivity index (χ3n) is 3.62. The highest BCUT2D eigenvalue weighted by Gasteiger charge is 2.06. The van der Waals surface area contributed by atoms with Gasteiger partial charge in [0.2, 0.25) is 0 Å². The molecule has 0 bridgehead atoms. The normalized spacial score (nSPS) is 10.3. The number of ketones is 1. The third-order valence-corrected chi connectivity index (χ3v) is 3.62. The van der Waals surface area contributed by atoms with E-state index in [9.17, 15) is 4.79 Å². The van der Waals surface area contributed by atoms with Crippen LogP contribution in [0, 0.1) is 6.92 Å². The molecule has 0 atom stereocenters. The number of hydrogen-bond donors (Lipinski definition) is 0. The summed E-state index contributed by atoms with van der Waals surface area (Å²) in [7, 11) is 2.07. The van der Waals surface area contributed by atoms with Gasteiger partial charge in [-0.1, -0.05) is 31.2 Å². The van der Waals surface area contributed by atoms with Crippen LogP contribution in [0.25, 0.3) is 0 Å². The molecule has 0 saturated heterocycles. The van der Waals surface area contributed by atoms with Crippen molar-refractivity contribution in [2.75, 3.05) is 11.9 Å². The van der Waals surface area contributed by atoms with E-state index in [0.29, 0.717) is 6.42 Å².